The highest BCUT2D eigenvalue weighted by molar-refractivity contribution is 7.81. The third-order valence-corrected chi connectivity index (χ3v) is 2.52. The van der Waals surface area contributed by atoms with Crippen LogP contribution in [0.5, 0.6) is 0 Å². The smallest absolute Gasteiger partial charge is 0.322 e. The summed E-state index contributed by atoms with van der Waals surface area (Å²) in [6, 6.07) is 8.33. The van der Waals surface area contributed by atoms with Crippen molar-refractivity contribution in [2.24, 2.45) is 5.73 Å². The van der Waals surface area contributed by atoms with Crippen molar-refractivity contribution < 1.29 is 19.8 Å². The summed E-state index contributed by atoms with van der Waals surface area (Å²) in [5.74, 6) is -1.87. The number of carboxylic acids is 2. The summed E-state index contributed by atoms with van der Waals surface area (Å²) >= 11 is 3.98. The lowest BCUT2D eigenvalue weighted by Gasteiger charge is -2.21. The molecule has 0 aliphatic rings. The van der Waals surface area contributed by atoms with E-state index in [1.807, 2.05) is 30.3 Å². The summed E-state index contributed by atoms with van der Waals surface area (Å²) in [6.45, 7) is 3.29. The molecule has 5 N–H and O–H groups in total. The van der Waals surface area contributed by atoms with E-state index in [4.69, 9.17) is 15.9 Å². The number of hydrogen-bond donors (Lipinski definition) is 5. The molecule has 0 aliphatic carbocycles. The second kappa shape index (κ2) is 8.44. The summed E-state index contributed by atoms with van der Waals surface area (Å²) in [6.07, 6.45) is 0. The Hall–Kier alpha value is -1.73. The van der Waals surface area contributed by atoms with Gasteiger partial charge in [-0.3, -0.25) is 9.59 Å². The van der Waals surface area contributed by atoms with Crippen LogP contribution >= 0.6 is 12.6 Å². The molecule has 1 aromatic carbocycles. The van der Waals surface area contributed by atoms with Crippen molar-refractivity contribution in [3.8, 4) is 0 Å². The molecule has 1 aromatic rings. The van der Waals surface area contributed by atoms with E-state index in [1.54, 1.807) is 13.8 Å². The average Bonchev–Trinajstić information content (AvgIpc) is 2.36. The highest BCUT2D eigenvalue weighted by atomic mass is 32.1. The Morgan fingerprint density at radius 3 is 2.10 bits per heavy atom. The molecule has 0 spiro atoms. The monoisotopic (exact) mass is 300 g/mol. The lowest BCUT2D eigenvalue weighted by atomic mass is 10.1. The van der Waals surface area contributed by atoms with Crippen LogP contribution in [0, 0.1) is 0 Å². The van der Waals surface area contributed by atoms with E-state index < -0.39 is 22.7 Å². The Bertz CT molecular complexity index is 432. The van der Waals surface area contributed by atoms with Crippen LogP contribution in [0.15, 0.2) is 30.3 Å². The van der Waals surface area contributed by atoms with E-state index in [-0.39, 0.29) is 6.54 Å². The first kappa shape index (κ1) is 18.3. The Labute approximate surface area is 123 Å². The van der Waals surface area contributed by atoms with Crippen LogP contribution in [0.4, 0.5) is 5.69 Å². The normalized spacial score (nSPS) is 11.8. The second-order valence-electron chi connectivity index (χ2n) is 4.58. The molecule has 20 heavy (non-hydrogen) atoms. The Kier molecular flexibility index (Phi) is 7.71. The number of thiol groups is 1. The van der Waals surface area contributed by atoms with Crippen LogP contribution in [0.1, 0.15) is 13.8 Å². The van der Waals surface area contributed by atoms with Gasteiger partial charge in [0.25, 0.3) is 0 Å². The molecular formula is C13H20N2O4S. The predicted molar refractivity (Wildman–Crippen MR) is 81.2 cm³/mol. The molecule has 6 nitrogen and oxygen atoms in total. The number of carboxylic acid groups (broad SMARTS) is 2. The van der Waals surface area contributed by atoms with E-state index in [2.05, 4.69) is 17.9 Å². The molecule has 0 heterocycles. The Balaban J connectivity index is 0.000000370. The molecule has 7 heteroatoms. The van der Waals surface area contributed by atoms with E-state index in [0.717, 1.165) is 5.69 Å². The number of hydrogen-bond acceptors (Lipinski definition) is 5. The van der Waals surface area contributed by atoms with Crippen molar-refractivity contribution in [3.63, 3.8) is 0 Å². The van der Waals surface area contributed by atoms with E-state index >= 15 is 0 Å². The third kappa shape index (κ3) is 8.39. The zero-order valence-electron chi connectivity index (χ0n) is 11.4. The molecule has 1 atom stereocenters. The van der Waals surface area contributed by atoms with Crippen LogP contribution in [0.2, 0.25) is 0 Å². The highest BCUT2D eigenvalue weighted by Gasteiger charge is 2.27. The SMILES string of the molecule is CC(C)(S)[C@@H](N)C(=O)O.O=C(O)CNc1ccccc1. The summed E-state index contributed by atoms with van der Waals surface area (Å²) in [4.78, 5) is 20.3. The van der Waals surface area contributed by atoms with Crippen LogP contribution in [-0.2, 0) is 9.59 Å². The molecular weight excluding hydrogens is 280 g/mol. The van der Waals surface area contributed by atoms with Gasteiger partial charge in [-0.2, -0.15) is 12.6 Å². The first-order valence-electron chi connectivity index (χ1n) is 5.86. The van der Waals surface area contributed by atoms with Crippen LogP contribution < -0.4 is 11.1 Å². The number of nitrogens with one attached hydrogen (secondary N) is 1. The topological polar surface area (TPSA) is 113 Å². The summed E-state index contributed by atoms with van der Waals surface area (Å²) in [7, 11) is 0. The molecule has 112 valence electrons. The van der Waals surface area contributed by atoms with Crippen molar-refractivity contribution in [2.45, 2.75) is 24.6 Å². The molecule has 0 saturated heterocycles. The van der Waals surface area contributed by atoms with Crippen molar-refractivity contribution in [1.29, 1.82) is 0 Å². The van der Waals surface area contributed by atoms with Crippen LogP contribution in [0.3, 0.4) is 0 Å². The molecule has 1 rings (SSSR count). The predicted octanol–water partition coefficient (Wildman–Crippen LogP) is 1.29. The molecule has 0 aromatic heterocycles. The minimum absolute atomic E-state index is 0.0377. The largest absolute Gasteiger partial charge is 0.480 e. The third-order valence-electron chi connectivity index (χ3n) is 2.24. The van der Waals surface area contributed by atoms with E-state index in [1.165, 1.54) is 0 Å². The zero-order valence-corrected chi connectivity index (χ0v) is 12.3. The first-order chi connectivity index (χ1) is 9.14. The van der Waals surface area contributed by atoms with Crippen LogP contribution in [0.25, 0.3) is 0 Å². The van der Waals surface area contributed by atoms with Crippen LogP contribution in [-0.4, -0.2) is 39.5 Å². The Morgan fingerprint density at radius 2 is 1.80 bits per heavy atom. The van der Waals surface area contributed by atoms with E-state index in [0.29, 0.717) is 0 Å². The van der Waals surface area contributed by atoms with Gasteiger partial charge in [-0.25, -0.2) is 0 Å². The maximum Gasteiger partial charge on any atom is 0.322 e. The van der Waals surface area contributed by atoms with Crippen molar-refractivity contribution >= 4 is 30.3 Å². The summed E-state index contributed by atoms with van der Waals surface area (Å²) in [5, 5.41) is 19.4. The number of rotatable bonds is 5. The van der Waals surface area contributed by atoms with Gasteiger partial charge in [0.15, 0.2) is 0 Å². The lowest BCUT2D eigenvalue weighted by molar-refractivity contribution is -0.139. The molecule has 0 aliphatic heterocycles. The fourth-order valence-corrected chi connectivity index (χ4v) is 1.15. The van der Waals surface area contributed by atoms with Gasteiger partial charge in [-0.05, 0) is 26.0 Å². The van der Waals surface area contributed by atoms with Gasteiger partial charge in [0.2, 0.25) is 0 Å². The number of para-hydroxylation sites is 1. The molecule has 0 radical (unpaired) electrons. The first-order valence-corrected chi connectivity index (χ1v) is 6.30. The fourth-order valence-electron chi connectivity index (χ4n) is 1.04. The zero-order chi connectivity index (χ0) is 15.8. The lowest BCUT2D eigenvalue weighted by Crippen LogP contribution is -2.45. The summed E-state index contributed by atoms with van der Waals surface area (Å²) in [5.41, 5.74) is 6.05. The number of aliphatic carboxylic acids is 2. The second-order valence-corrected chi connectivity index (χ2v) is 5.74. The highest BCUT2D eigenvalue weighted by Crippen LogP contribution is 2.15. The molecule has 0 saturated carbocycles. The van der Waals surface area contributed by atoms with Gasteiger partial charge < -0.3 is 21.3 Å². The van der Waals surface area contributed by atoms with Gasteiger partial charge in [0, 0.05) is 10.4 Å². The van der Waals surface area contributed by atoms with Gasteiger partial charge in [0.1, 0.15) is 12.6 Å². The molecule has 0 unspecified atom stereocenters. The maximum atomic E-state index is 10.2. The number of benzene rings is 1. The molecule has 0 bridgehead atoms. The molecule has 0 amide bonds. The van der Waals surface area contributed by atoms with E-state index in [9.17, 15) is 9.59 Å². The minimum atomic E-state index is -1.02. The van der Waals surface area contributed by atoms with Gasteiger partial charge >= 0.3 is 11.9 Å². The summed E-state index contributed by atoms with van der Waals surface area (Å²) < 4.78 is -0.647. The molecule has 0 fully saturated rings. The number of nitrogens with two attached hydrogens (primary N) is 1. The number of anilines is 1. The van der Waals surface area contributed by atoms with Gasteiger partial charge in [-0.15, -0.1) is 0 Å². The number of carbonyl (C=O) groups is 2. The van der Waals surface area contributed by atoms with Crippen molar-refractivity contribution in [3.05, 3.63) is 30.3 Å². The van der Waals surface area contributed by atoms with Gasteiger partial charge in [-0.1, -0.05) is 18.2 Å². The standard InChI is InChI=1S/C8H9NO2.C5H11NO2S/c10-8(11)6-9-7-4-2-1-3-5-7;1-5(2,9)3(6)4(7)8/h1-5,9H,6H2,(H,10,11);3,9H,6H2,1-2H3,(H,7,8)/t;3-/m.0/s1. The van der Waals surface area contributed by atoms with Crippen molar-refractivity contribution in [2.75, 3.05) is 11.9 Å². The Morgan fingerprint density at radius 1 is 1.30 bits per heavy atom. The quantitative estimate of drug-likeness (QED) is 0.524. The van der Waals surface area contributed by atoms with Crippen molar-refractivity contribution in [1.82, 2.24) is 0 Å². The average molecular weight is 300 g/mol. The fraction of sp³-hybridized carbons (Fsp3) is 0.385. The van der Waals surface area contributed by atoms with Gasteiger partial charge in [0.05, 0.1) is 0 Å². The maximum absolute atomic E-state index is 10.2. The minimum Gasteiger partial charge on any atom is -0.480 e.